The minimum absolute atomic E-state index is 0.104. The molecule has 1 heterocycles. The van der Waals surface area contributed by atoms with Gasteiger partial charge in [-0.15, -0.1) is 11.3 Å². The lowest BCUT2D eigenvalue weighted by Crippen LogP contribution is -2.14. The van der Waals surface area contributed by atoms with Gasteiger partial charge < -0.3 is 10.4 Å². The highest BCUT2D eigenvalue weighted by molar-refractivity contribution is 7.14. The van der Waals surface area contributed by atoms with Crippen LogP contribution in [-0.2, 0) is 6.42 Å². The molecule has 21 heavy (non-hydrogen) atoms. The van der Waals surface area contributed by atoms with E-state index < -0.39 is 5.97 Å². The van der Waals surface area contributed by atoms with Crippen molar-refractivity contribution in [3.05, 3.63) is 50.7 Å². The fraction of sp³-hybridized carbons (Fsp3) is 0.250. The van der Waals surface area contributed by atoms with Gasteiger partial charge in [0.05, 0.1) is 16.1 Å². The fourth-order valence-electron chi connectivity index (χ4n) is 2.17. The Morgan fingerprint density at radius 2 is 2.00 bits per heavy atom. The van der Waals surface area contributed by atoms with Crippen molar-refractivity contribution in [1.82, 2.24) is 0 Å². The molecular formula is C16H17NO3S. The number of aryl methyl sites for hydroxylation is 3. The predicted molar refractivity (Wildman–Crippen MR) is 84.5 cm³/mol. The molecule has 4 nitrogen and oxygen atoms in total. The maximum atomic E-state index is 12.3. The molecule has 5 heteroatoms. The number of amides is 1. The number of anilines is 1. The summed E-state index contributed by atoms with van der Waals surface area (Å²) in [5.74, 6) is -1.31. The van der Waals surface area contributed by atoms with Crippen LogP contribution in [-0.4, -0.2) is 17.0 Å². The smallest absolute Gasteiger partial charge is 0.337 e. The van der Waals surface area contributed by atoms with E-state index >= 15 is 0 Å². The highest BCUT2D eigenvalue weighted by Gasteiger charge is 2.17. The minimum atomic E-state index is -1.05. The number of hydrogen-bond acceptors (Lipinski definition) is 3. The first-order valence-electron chi connectivity index (χ1n) is 6.67. The molecule has 0 saturated heterocycles. The number of carboxylic acids is 1. The van der Waals surface area contributed by atoms with Crippen LogP contribution in [0.15, 0.2) is 24.3 Å². The summed E-state index contributed by atoms with van der Waals surface area (Å²) in [6, 6.07) is 6.80. The van der Waals surface area contributed by atoms with Crippen molar-refractivity contribution < 1.29 is 14.7 Å². The van der Waals surface area contributed by atoms with E-state index in [1.54, 1.807) is 19.1 Å². The molecule has 0 bridgehead atoms. The number of hydrogen-bond donors (Lipinski definition) is 2. The van der Waals surface area contributed by atoms with E-state index in [0.29, 0.717) is 10.6 Å². The Labute approximate surface area is 127 Å². The van der Waals surface area contributed by atoms with Crippen molar-refractivity contribution in [1.29, 1.82) is 0 Å². The maximum absolute atomic E-state index is 12.3. The van der Waals surface area contributed by atoms with Crippen LogP contribution in [0.5, 0.6) is 0 Å². The number of benzene rings is 1. The molecule has 2 aromatic rings. The van der Waals surface area contributed by atoms with E-state index in [4.69, 9.17) is 0 Å². The van der Waals surface area contributed by atoms with E-state index in [9.17, 15) is 14.7 Å². The second kappa shape index (κ2) is 6.10. The van der Waals surface area contributed by atoms with Crippen molar-refractivity contribution >= 4 is 28.9 Å². The van der Waals surface area contributed by atoms with Gasteiger partial charge >= 0.3 is 5.97 Å². The lowest BCUT2D eigenvalue weighted by atomic mass is 10.1. The van der Waals surface area contributed by atoms with Crippen LogP contribution in [0.4, 0.5) is 5.69 Å². The highest BCUT2D eigenvalue weighted by Crippen LogP contribution is 2.25. The molecular weight excluding hydrogens is 286 g/mol. The molecule has 110 valence electrons. The van der Waals surface area contributed by atoms with Gasteiger partial charge in [-0.3, -0.25) is 4.79 Å². The van der Waals surface area contributed by atoms with E-state index in [1.807, 2.05) is 19.9 Å². The molecule has 0 unspecified atom stereocenters. The fourth-order valence-corrected chi connectivity index (χ4v) is 3.18. The topological polar surface area (TPSA) is 66.4 Å². The molecule has 0 spiro atoms. The van der Waals surface area contributed by atoms with Crippen LogP contribution < -0.4 is 5.32 Å². The highest BCUT2D eigenvalue weighted by atomic mass is 32.1. The molecule has 2 N–H and O–H groups in total. The number of aromatic carboxylic acids is 1. The van der Waals surface area contributed by atoms with E-state index in [1.165, 1.54) is 17.4 Å². The zero-order chi connectivity index (χ0) is 15.6. The number of thiophene rings is 1. The quantitative estimate of drug-likeness (QED) is 0.900. The Kier molecular flexibility index (Phi) is 4.43. The third kappa shape index (κ3) is 3.13. The maximum Gasteiger partial charge on any atom is 0.337 e. The third-order valence-electron chi connectivity index (χ3n) is 3.37. The van der Waals surface area contributed by atoms with Crippen LogP contribution in [0.25, 0.3) is 0 Å². The van der Waals surface area contributed by atoms with Gasteiger partial charge in [0.15, 0.2) is 0 Å². The minimum Gasteiger partial charge on any atom is -0.478 e. The summed E-state index contributed by atoms with van der Waals surface area (Å²) in [7, 11) is 0. The largest absolute Gasteiger partial charge is 0.478 e. The van der Waals surface area contributed by atoms with Gasteiger partial charge in [-0.05, 0) is 43.5 Å². The molecule has 1 aromatic carbocycles. The van der Waals surface area contributed by atoms with Crippen molar-refractivity contribution in [2.45, 2.75) is 27.2 Å². The standard InChI is InChI=1S/C16H17NO3S/c1-4-11-8-13(21-10(11)3)15(18)17-14-9(2)6-5-7-12(14)16(19)20/h5-8H,4H2,1-3H3,(H,17,18)(H,19,20). The van der Waals surface area contributed by atoms with Gasteiger partial charge in [-0.2, -0.15) is 0 Å². The third-order valence-corrected chi connectivity index (χ3v) is 4.46. The van der Waals surface area contributed by atoms with E-state index in [-0.39, 0.29) is 11.5 Å². The molecule has 0 aliphatic carbocycles. The van der Waals surface area contributed by atoms with Crippen LogP contribution in [0.2, 0.25) is 0 Å². The number of carbonyl (C=O) groups excluding carboxylic acids is 1. The Bertz CT molecular complexity index is 704. The van der Waals surface area contributed by atoms with E-state index in [2.05, 4.69) is 5.32 Å². The molecule has 0 radical (unpaired) electrons. The molecule has 1 aromatic heterocycles. The number of carbonyl (C=O) groups is 2. The Morgan fingerprint density at radius 3 is 2.57 bits per heavy atom. The summed E-state index contributed by atoms with van der Waals surface area (Å²) in [6.45, 7) is 5.80. The number of carboxylic acid groups (broad SMARTS) is 1. The van der Waals surface area contributed by atoms with Crippen molar-refractivity contribution in [3.8, 4) is 0 Å². The second-order valence-corrected chi connectivity index (χ2v) is 6.06. The molecule has 0 aliphatic heterocycles. The van der Waals surface area contributed by atoms with Crippen molar-refractivity contribution in [3.63, 3.8) is 0 Å². The molecule has 0 saturated carbocycles. The summed E-state index contributed by atoms with van der Waals surface area (Å²) in [6.07, 6.45) is 0.875. The molecule has 1 amide bonds. The zero-order valence-corrected chi connectivity index (χ0v) is 13.0. The average Bonchev–Trinajstić information content (AvgIpc) is 2.82. The summed E-state index contributed by atoms with van der Waals surface area (Å²) >= 11 is 1.43. The monoisotopic (exact) mass is 303 g/mol. The van der Waals surface area contributed by atoms with E-state index in [0.717, 1.165) is 22.4 Å². The lowest BCUT2D eigenvalue weighted by Gasteiger charge is -2.10. The lowest BCUT2D eigenvalue weighted by molar-refractivity contribution is 0.0698. The second-order valence-electron chi connectivity index (χ2n) is 4.80. The molecule has 0 fully saturated rings. The van der Waals surface area contributed by atoms with Gasteiger partial charge in [0.1, 0.15) is 0 Å². The number of rotatable bonds is 4. The Balaban J connectivity index is 2.33. The van der Waals surface area contributed by atoms with Crippen molar-refractivity contribution in [2.75, 3.05) is 5.32 Å². The van der Waals surface area contributed by atoms with Crippen LogP contribution in [0.3, 0.4) is 0 Å². The predicted octanol–water partition coefficient (Wildman–Crippen LogP) is 3.88. The zero-order valence-electron chi connectivity index (χ0n) is 12.2. The SMILES string of the molecule is CCc1cc(C(=O)Nc2c(C)cccc2C(=O)O)sc1C. The van der Waals surface area contributed by atoms with Gasteiger partial charge in [-0.1, -0.05) is 19.1 Å². The molecule has 0 aliphatic rings. The van der Waals surface area contributed by atoms with Crippen LogP contribution >= 0.6 is 11.3 Å². The van der Waals surface area contributed by atoms with Crippen LogP contribution in [0.1, 0.15) is 43.0 Å². The molecule has 0 atom stereocenters. The van der Waals surface area contributed by atoms with Gasteiger partial charge in [0.25, 0.3) is 5.91 Å². The number of nitrogens with one attached hydrogen (secondary N) is 1. The number of para-hydroxylation sites is 1. The van der Waals surface area contributed by atoms with Crippen molar-refractivity contribution in [2.24, 2.45) is 0 Å². The summed E-state index contributed by atoms with van der Waals surface area (Å²) in [5.41, 5.74) is 2.34. The normalized spacial score (nSPS) is 10.4. The van der Waals surface area contributed by atoms with Gasteiger partial charge in [0.2, 0.25) is 0 Å². The Morgan fingerprint density at radius 1 is 1.29 bits per heavy atom. The molecule has 2 rings (SSSR count). The summed E-state index contributed by atoms with van der Waals surface area (Å²) in [5, 5.41) is 11.9. The average molecular weight is 303 g/mol. The Hall–Kier alpha value is -2.14. The summed E-state index contributed by atoms with van der Waals surface area (Å²) in [4.78, 5) is 25.3. The summed E-state index contributed by atoms with van der Waals surface area (Å²) < 4.78 is 0. The van der Waals surface area contributed by atoms with Crippen LogP contribution in [0, 0.1) is 13.8 Å². The van der Waals surface area contributed by atoms with Gasteiger partial charge in [0, 0.05) is 4.88 Å². The first-order chi connectivity index (χ1) is 9.93. The first kappa shape index (κ1) is 15.3. The van der Waals surface area contributed by atoms with Gasteiger partial charge in [-0.25, -0.2) is 4.79 Å². The first-order valence-corrected chi connectivity index (χ1v) is 7.49.